The van der Waals surface area contributed by atoms with Crippen molar-refractivity contribution in [3.8, 4) is 5.75 Å². The molecule has 19 heavy (non-hydrogen) atoms. The Morgan fingerprint density at radius 2 is 1.95 bits per heavy atom. The quantitative estimate of drug-likeness (QED) is 0.880. The molecule has 1 aromatic rings. The second kappa shape index (κ2) is 6.63. The van der Waals surface area contributed by atoms with Crippen molar-refractivity contribution in [1.29, 1.82) is 0 Å². The molecule has 6 nitrogen and oxygen atoms in total. The summed E-state index contributed by atoms with van der Waals surface area (Å²) in [7, 11) is 3.29. The Morgan fingerprint density at radius 1 is 1.26 bits per heavy atom. The van der Waals surface area contributed by atoms with E-state index in [1.807, 2.05) is 13.8 Å². The largest absolute Gasteiger partial charge is 0.412 e. The third-order valence-corrected chi connectivity index (χ3v) is 2.11. The normalized spacial score (nSPS) is 9.95. The summed E-state index contributed by atoms with van der Waals surface area (Å²) < 4.78 is 5.09. The van der Waals surface area contributed by atoms with Gasteiger partial charge in [-0.1, -0.05) is 6.07 Å². The van der Waals surface area contributed by atoms with Crippen LogP contribution in [0.25, 0.3) is 0 Å². The van der Waals surface area contributed by atoms with Crippen LogP contribution in [0.15, 0.2) is 24.3 Å². The Balaban J connectivity index is 2.67. The number of nitrogens with one attached hydrogen (secondary N) is 2. The van der Waals surface area contributed by atoms with Gasteiger partial charge in [0.2, 0.25) is 0 Å². The van der Waals surface area contributed by atoms with E-state index in [1.165, 1.54) is 4.90 Å². The molecule has 0 aliphatic rings. The van der Waals surface area contributed by atoms with E-state index in [4.69, 9.17) is 4.74 Å². The molecule has 0 atom stereocenters. The van der Waals surface area contributed by atoms with E-state index >= 15 is 0 Å². The molecule has 0 heterocycles. The van der Waals surface area contributed by atoms with Gasteiger partial charge >= 0.3 is 12.1 Å². The minimum atomic E-state index is -0.522. The highest BCUT2D eigenvalue weighted by atomic mass is 16.6. The van der Waals surface area contributed by atoms with Crippen molar-refractivity contribution < 1.29 is 14.3 Å². The fourth-order valence-corrected chi connectivity index (χ4v) is 1.24. The second-order valence-corrected chi connectivity index (χ2v) is 4.54. The molecule has 0 spiro atoms. The number of benzene rings is 1. The Kier molecular flexibility index (Phi) is 5.17. The van der Waals surface area contributed by atoms with Gasteiger partial charge in [0.25, 0.3) is 0 Å². The monoisotopic (exact) mass is 265 g/mol. The number of urea groups is 1. The van der Waals surface area contributed by atoms with Gasteiger partial charge < -0.3 is 20.3 Å². The third kappa shape index (κ3) is 5.29. The highest BCUT2D eigenvalue weighted by molar-refractivity contribution is 5.89. The average Bonchev–Trinajstić information content (AvgIpc) is 2.27. The van der Waals surface area contributed by atoms with Crippen LogP contribution in [0.1, 0.15) is 13.8 Å². The summed E-state index contributed by atoms with van der Waals surface area (Å²) in [6.45, 7) is 3.68. The van der Waals surface area contributed by atoms with Gasteiger partial charge in [-0.05, 0) is 26.0 Å². The summed E-state index contributed by atoms with van der Waals surface area (Å²) in [4.78, 5) is 24.3. The summed E-state index contributed by atoms with van der Waals surface area (Å²) in [6.07, 6.45) is -0.522. The molecule has 1 rings (SSSR count). The van der Waals surface area contributed by atoms with Gasteiger partial charge in [0.05, 0.1) is 0 Å². The first-order valence-corrected chi connectivity index (χ1v) is 5.95. The van der Waals surface area contributed by atoms with Crippen LogP contribution >= 0.6 is 0 Å². The summed E-state index contributed by atoms with van der Waals surface area (Å²) in [5.41, 5.74) is 0.563. The predicted molar refractivity (Wildman–Crippen MR) is 73.4 cm³/mol. The van der Waals surface area contributed by atoms with Gasteiger partial charge in [-0.3, -0.25) is 0 Å². The van der Waals surface area contributed by atoms with Crippen LogP contribution in [-0.2, 0) is 0 Å². The van der Waals surface area contributed by atoms with Gasteiger partial charge in [-0.15, -0.1) is 0 Å². The first kappa shape index (κ1) is 14.8. The van der Waals surface area contributed by atoms with E-state index in [0.29, 0.717) is 11.4 Å². The van der Waals surface area contributed by atoms with Crippen LogP contribution < -0.4 is 15.4 Å². The molecule has 0 bridgehead atoms. The lowest BCUT2D eigenvalue weighted by atomic mass is 10.3. The molecule has 0 fully saturated rings. The molecule has 0 aromatic heterocycles. The molecule has 3 amide bonds. The fraction of sp³-hybridized carbons (Fsp3) is 0.385. The lowest BCUT2D eigenvalue weighted by molar-refractivity contribution is 0.198. The number of carbonyl (C=O) groups excluding carboxylic acids is 2. The Bertz CT molecular complexity index is 458. The maximum Gasteiger partial charge on any atom is 0.412 e. The Hall–Kier alpha value is -2.24. The van der Waals surface area contributed by atoms with Crippen molar-refractivity contribution in [2.24, 2.45) is 0 Å². The number of amides is 3. The molecule has 2 N–H and O–H groups in total. The summed E-state index contributed by atoms with van der Waals surface area (Å²) in [6, 6.07) is 6.40. The third-order valence-electron chi connectivity index (χ3n) is 2.11. The molecule has 0 aliphatic carbocycles. The number of ether oxygens (including phenoxy) is 1. The van der Waals surface area contributed by atoms with Crippen LogP contribution in [0, 0.1) is 0 Å². The molecule has 104 valence electrons. The average molecular weight is 265 g/mol. The molecule has 1 aromatic carbocycles. The molecular weight excluding hydrogens is 246 g/mol. The summed E-state index contributed by atoms with van der Waals surface area (Å²) in [5.74, 6) is 0.370. The zero-order chi connectivity index (χ0) is 14.4. The highest BCUT2D eigenvalue weighted by Crippen LogP contribution is 2.17. The number of nitrogens with zero attached hydrogens (tertiary/aromatic N) is 1. The SMILES string of the molecule is CC(C)NC(=O)Oc1cccc(NC(=O)N(C)C)c1. The smallest absolute Gasteiger partial charge is 0.410 e. The second-order valence-electron chi connectivity index (χ2n) is 4.54. The van der Waals surface area contributed by atoms with Gasteiger partial charge in [0, 0.05) is 31.9 Å². The lowest BCUT2D eigenvalue weighted by Gasteiger charge is -2.13. The van der Waals surface area contributed by atoms with Crippen molar-refractivity contribution in [2.45, 2.75) is 19.9 Å². The maximum atomic E-state index is 11.5. The van der Waals surface area contributed by atoms with Crippen molar-refractivity contribution in [2.75, 3.05) is 19.4 Å². The van der Waals surface area contributed by atoms with Crippen LogP contribution in [0.2, 0.25) is 0 Å². The molecule has 0 radical (unpaired) electrons. The van der Waals surface area contributed by atoms with Gasteiger partial charge in [0.15, 0.2) is 0 Å². The Labute approximate surface area is 112 Å². The maximum absolute atomic E-state index is 11.5. The zero-order valence-electron chi connectivity index (χ0n) is 11.6. The van der Waals surface area contributed by atoms with Crippen LogP contribution in [0.5, 0.6) is 5.75 Å². The van der Waals surface area contributed by atoms with Gasteiger partial charge in [0.1, 0.15) is 5.75 Å². The highest BCUT2D eigenvalue weighted by Gasteiger charge is 2.08. The van der Waals surface area contributed by atoms with E-state index in [0.717, 1.165) is 0 Å². The van der Waals surface area contributed by atoms with Gasteiger partial charge in [-0.25, -0.2) is 9.59 Å². The zero-order valence-corrected chi connectivity index (χ0v) is 11.6. The number of hydrogen-bond donors (Lipinski definition) is 2. The van der Waals surface area contributed by atoms with Crippen LogP contribution in [-0.4, -0.2) is 37.2 Å². The van der Waals surface area contributed by atoms with Crippen molar-refractivity contribution >= 4 is 17.8 Å². The Morgan fingerprint density at radius 3 is 2.53 bits per heavy atom. The first-order chi connectivity index (χ1) is 8.88. The van der Waals surface area contributed by atoms with Crippen molar-refractivity contribution in [3.05, 3.63) is 24.3 Å². The van der Waals surface area contributed by atoms with Crippen molar-refractivity contribution in [1.82, 2.24) is 10.2 Å². The number of carbonyl (C=O) groups is 2. The number of hydrogen-bond acceptors (Lipinski definition) is 3. The molecule has 0 unspecified atom stereocenters. The topological polar surface area (TPSA) is 70.7 Å². The fourth-order valence-electron chi connectivity index (χ4n) is 1.24. The minimum absolute atomic E-state index is 0.00382. The van der Waals surface area contributed by atoms with Gasteiger partial charge in [-0.2, -0.15) is 0 Å². The van der Waals surface area contributed by atoms with E-state index in [1.54, 1.807) is 38.4 Å². The van der Waals surface area contributed by atoms with E-state index in [-0.39, 0.29) is 12.1 Å². The van der Waals surface area contributed by atoms with E-state index < -0.39 is 6.09 Å². The molecule has 0 saturated carbocycles. The predicted octanol–water partition coefficient (Wildman–Crippen LogP) is 2.28. The van der Waals surface area contributed by atoms with Crippen molar-refractivity contribution in [3.63, 3.8) is 0 Å². The number of anilines is 1. The first-order valence-electron chi connectivity index (χ1n) is 5.95. The van der Waals surface area contributed by atoms with Crippen LogP contribution in [0.4, 0.5) is 15.3 Å². The minimum Gasteiger partial charge on any atom is -0.410 e. The molecular formula is C13H19N3O3. The summed E-state index contributed by atoms with van der Waals surface area (Å²) >= 11 is 0. The van der Waals surface area contributed by atoms with Crippen LogP contribution in [0.3, 0.4) is 0 Å². The molecule has 0 aliphatic heterocycles. The van der Waals surface area contributed by atoms with E-state index in [9.17, 15) is 9.59 Å². The standard InChI is InChI=1S/C13H19N3O3/c1-9(2)14-13(18)19-11-7-5-6-10(8-11)15-12(17)16(3)4/h5-9H,1-4H3,(H,14,18)(H,15,17). The molecule has 0 saturated heterocycles. The summed E-state index contributed by atoms with van der Waals surface area (Å²) in [5, 5.41) is 5.28. The molecule has 6 heteroatoms. The lowest BCUT2D eigenvalue weighted by Crippen LogP contribution is -2.32. The van der Waals surface area contributed by atoms with E-state index in [2.05, 4.69) is 10.6 Å². The number of rotatable bonds is 3.